The molecule has 1 aliphatic heterocycles. The minimum atomic E-state index is -3.36. The lowest BCUT2D eigenvalue weighted by Gasteiger charge is -2.47. The van der Waals surface area contributed by atoms with Crippen LogP contribution in [-0.2, 0) is 21.3 Å². The van der Waals surface area contributed by atoms with Crippen LogP contribution in [0.25, 0.3) is 0 Å². The van der Waals surface area contributed by atoms with E-state index in [9.17, 15) is 8.42 Å². The van der Waals surface area contributed by atoms with E-state index < -0.39 is 10.0 Å². The molecule has 1 N–H and O–H groups in total. The maximum absolute atomic E-state index is 13.1. The molecule has 3 fully saturated rings. The van der Waals surface area contributed by atoms with Crippen molar-refractivity contribution in [3.05, 3.63) is 35.9 Å². The summed E-state index contributed by atoms with van der Waals surface area (Å²) in [6.07, 6.45) is 3.29. The first-order valence-electron chi connectivity index (χ1n) is 10.2. The van der Waals surface area contributed by atoms with Crippen LogP contribution in [0.3, 0.4) is 0 Å². The van der Waals surface area contributed by atoms with Crippen LogP contribution >= 0.6 is 0 Å². The number of nitrogens with one attached hydrogen (secondary N) is 1. The second-order valence-electron chi connectivity index (χ2n) is 9.08. The molecule has 2 bridgehead atoms. The van der Waals surface area contributed by atoms with Gasteiger partial charge >= 0.3 is 0 Å². The normalized spacial score (nSPS) is 33.4. The Labute approximate surface area is 163 Å². The van der Waals surface area contributed by atoms with E-state index in [0.717, 1.165) is 51.1 Å². The van der Waals surface area contributed by atoms with E-state index >= 15 is 0 Å². The minimum Gasteiger partial charge on any atom is -0.379 e. The second kappa shape index (κ2) is 7.14. The molecule has 6 heteroatoms. The molecule has 3 atom stereocenters. The first-order chi connectivity index (χ1) is 12.8. The van der Waals surface area contributed by atoms with Crippen LogP contribution in [0.5, 0.6) is 0 Å². The van der Waals surface area contributed by atoms with Gasteiger partial charge < -0.3 is 4.74 Å². The molecule has 1 aromatic rings. The van der Waals surface area contributed by atoms with Gasteiger partial charge in [0.2, 0.25) is 10.0 Å². The van der Waals surface area contributed by atoms with Gasteiger partial charge in [-0.25, -0.2) is 13.1 Å². The lowest BCUT2D eigenvalue weighted by molar-refractivity contribution is -0.0257. The Morgan fingerprint density at radius 2 is 1.89 bits per heavy atom. The molecule has 1 heterocycles. The molecule has 0 spiro atoms. The Hall–Kier alpha value is -0.950. The molecule has 0 aromatic heterocycles. The van der Waals surface area contributed by atoms with Gasteiger partial charge in [-0.3, -0.25) is 4.90 Å². The first-order valence-corrected chi connectivity index (χ1v) is 11.8. The Balaban J connectivity index is 1.54. The zero-order valence-electron chi connectivity index (χ0n) is 16.5. The average Bonchev–Trinajstić information content (AvgIpc) is 3.02. The van der Waals surface area contributed by atoms with Crippen LogP contribution in [-0.4, -0.2) is 51.4 Å². The maximum atomic E-state index is 13.1. The number of nitrogens with zero attached hydrogens (tertiary/aromatic N) is 1. The summed E-state index contributed by atoms with van der Waals surface area (Å²) >= 11 is 0. The van der Waals surface area contributed by atoms with Crippen LogP contribution in [0, 0.1) is 16.7 Å². The minimum absolute atomic E-state index is 0.0530. The van der Waals surface area contributed by atoms with Gasteiger partial charge in [-0.05, 0) is 36.2 Å². The number of benzene rings is 1. The van der Waals surface area contributed by atoms with E-state index in [0.29, 0.717) is 18.5 Å². The van der Waals surface area contributed by atoms with Crippen molar-refractivity contribution in [2.45, 2.75) is 45.7 Å². The molecule has 27 heavy (non-hydrogen) atoms. The van der Waals surface area contributed by atoms with Crippen LogP contribution in [0.1, 0.15) is 38.7 Å². The molecule has 2 aliphatic carbocycles. The van der Waals surface area contributed by atoms with Crippen LogP contribution in [0.2, 0.25) is 0 Å². The lowest BCUT2D eigenvalue weighted by atomic mass is 9.68. The molecule has 5 nitrogen and oxygen atoms in total. The van der Waals surface area contributed by atoms with Crippen molar-refractivity contribution >= 4 is 10.0 Å². The van der Waals surface area contributed by atoms with Crippen LogP contribution in [0.4, 0.5) is 0 Å². The molecule has 3 aliphatic rings. The zero-order valence-corrected chi connectivity index (χ0v) is 17.3. The summed E-state index contributed by atoms with van der Waals surface area (Å²) in [7, 11) is -3.36. The highest BCUT2D eigenvalue weighted by molar-refractivity contribution is 7.89. The number of fused-ring (bicyclic) bond motifs is 2. The fourth-order valence-electron chi connectivity index (χ4n) is 5.95. The molecular formula is C21H32N2O3S. The third kappa shape index (κ3) is 3.46. The molecule has 1 saturated heterocycles. The lowest BCUT2D eigenvalue weighted by Crippen LogP contribution is -2.55. The summed E-state index contributed by atoms with van der Waals surface area (Å²) in [6.45, 7) is 8.34. The predicted octanol–water partition coefficient (Wildman–Crippen LogP) is 2.63. The largest absolute Gasteiger partial charge is 0.379 e. The van der Waals surface area contributed by atoms with Crippen molar-refractivity contribution in [3.63, 3.8) is 0 Å². The Bertz CT molecular complexity index is 759. The summed E-state index contributed by atoms with van der Waals surface area (Å²) < 4.78 is 34.6. The summed E-state index contributed by atoms with van der Waals surface area (Å²) in [5.74, 6) is 0.855. The predicted molar refractivity (Wildman–Crippen MR) is 107 cm³/mol. The number of hydrogen-bond donors (Lipinski definition) is 1. The standard InChI is InChI=1S/C21H32N2O3S/c1-20(2)18-8-9-21(20,19(14-18)23-10-12-26-13-11-23)16-27(24,25)22-15-17-6-4-3-5-7-17/h3-7,18-19,22H,8-16H2,1-2H3/t18-,19-,21?/m1/s1. The van der Waals surface area contributed by atoms with E-state index in [-0.39, 0.29) is 16.6 Å². The fraction of sp³-hybridized carbons (Fsp3) is 0.714. The Kier molecular flexibility index (Phi) is 5.12. The molecule has 2 saturated carbocycles. The number of morpholine rings is 1. The molecule has 4 rings (SSSR count). The molecule has 1 aromatic carbocycles. The van der Waals surface area contributed by atoms with Gasteiger partial charge in [-0.1, -0.05) is 44.2 Å². The quantitative estimate of drug-likeness (QED) is 0.809. The van der Waals surface area contributed by atoms with Crippen molar-refractivity contribution in [2.75, 3.05) is 32.1 Å². The molecular weight excluding hydrogens is 360 g/mol. The van der Waals surface area contributed by atoms with Crippen molar-refractivity contribution in [2.24, 2.45) is 16.7 Å². The van der Waals surface area contributed by atoms with E-state index in [1.807, 2.05) is 30.3 Å². The van der Waals surface area contributed by atoms with Crippen LogP contribution in [0.15, 0.2) is 30.3 Å². The third-order valence-corrected chi connectivity index (χ3v) is 9.14. The van der Waals surface area contributed by atoms with Crippen molar-refractivity contribution in [3.8, 4) is 0 Å². The van der Waals surface area contributed by atoms with Gasteiger partial charge in [0.1, 0.15) is 0 Å². The zero-order chi connectivity index (χ0) is 19.1. The Morgan fingerprint density at radius 3 is 2.56 bits per heavy atom. The first kappa shape index (κ1) is 19.4. The second-order valence-corrected chi connectivity index (χ2v) is 10.9. The van der Waals surface area contributed by atoms with E-state index in [2.05, 4.69) is 23.5 Å². The number of rotatable bonds is 6. The van der Waals surface area contributed by atoms with Gasteiger partial charge in [0, 0.05) is 31.1 Å². The highest BCUT2D eigenvalue weighted by atomic mass is 32.2. The van der Waals surface area contributed by atoms with Crippen molar-refractivity contribution in [1.82, 2.24) is 9.62 Å². The number of sulfonamides is 1. The monoisotopic (exact) mass is 392 g/mol. The highest BCUT2D eigenvalue weighted by Crippen LogP contribution is 2.67. The summed E-state index contributed by atoms with van der Waals surface area (Å²) in [4.78, 5) is 2.51. The Morgan fingerprint density at radius 1 is 1.19 bits per heavy atom. The van der Waals surface area contributed by atoms with E-state index in [4.69, 9.17) is 4.74 Å². The van der Waals surface area contributed by atoms with Crippen molar-refractivity contribution < 1.29 is 13.2 Å². The fourth-order valence-corrected chi connectivity index (χ4v) is 7.82. The van der Waals surface area contributed by atoms with Gasteiger partial charge in [-0.2, -0.15) is 0 Å². The summed E-state index contributed by atoms with van der Waals surface area (Å²) in [5.41, 5.74) is 0.882. The van der Waals surface area contributed by atoms with Gasteiger partial charge in [0.15, 0.2) is 0 Å². The topological polar surface area (TPSA) is 58.6 Å². The van der Waals surface area contributed by atoms with Gasteiger partial charge in [0.25, 0.3) is 0 Å². The number of ether oxygens (including phenoxy) is 1. The smallest absolute Gasteiger partial charge is 0.212 e. The molecule has 1 unspecified atom stereocenters. The highest BCUT2D eigenvalue weighted by Gasteiger charge is 2.66. The molecule has 0 amide bonds. The van der Waals surface area contributed by atoms with E-state index in [1.54, 1.807) is 0 Å². The molecule has 0 radical (unpaired) electrons. The number of hydrogen-bond acceptors (Lipinski definition) is 4. The van der Waals surface area contributed by atoms with Crippen LogP contribution < -0.4 is 4.72 Å². The van der Waals surface area contributed by atoms with Crippen molar-refractivity contribution in [1.29, 1.82) is 0 Å². The summed E-state index contributed by atoms with van der Waals surface area (Å²) in [5, 5.41) is 0. The average molecular weight is 393 g/mol. The SMILES string of the molecule is CC1(C)[C@@H]2CCC1(CS(=O)(=O)NCc1ccccc1)[C@H](N1CCOCC1)C2. The van der Waals surface area contributed by atoms with E-state index in [1.165, 1.54) is 0 Å². The summed E-state index contributed by atoms with van der Waals surface area (Å²) in [6, 6.07) is 10.1. The van der Waals surface area contributed by atoms with Gasteiger partial charge in [0.05, 0.1) is 19.0 Å². The van der Waals surface area contributed by atoms with Gasteiger partial charge in [-0.15, -0.1) is 0 Å². The maximum Gasteiger partial charge on any atom is 0.212 e. The molecule has 150 valence electrons. The third-order valence-electron chi connectivity index (χ3n) is 7.66.